The SMILES string of the molecule is NCC1OC(CO)C(O)C1O. The maximum Gasteiger partial charge on any atom is 0.111 e. The molecule has 0 saturated carbocycles. The van der Waals surface area contributed by atoms with Crippen molar-refractivity contribution < 1.29 is 20.1 Å². The maximum absolute atomic E-state index is 9.19. The van der Waals surface area contributed by atoms with Crippen LogP contribution in [0.1, 0.15) is 0 Å². The van der Waals surface area contributed by atoms with E-state index in [1.54, 1.807) is 0 Å². The minimum atomic E-state index is -1.02. The average molecular weight is 163 g/mol. The smallest absolute Gasteiger partial charge is 0.111 e. The first-order valence-corrected chi connectivity index (χ1v) is 3.53. The van der Waals surface area contributed by atoms with E-state index in [9.17, 15) is 5.11 Å². The molecule has 0 aromatic heterocycles. The van der Waals surface area contributed by atoms with Crippen LogP contribution in [0, 0.1) is 0 Å². The number of rotatable bonds is 2. The monoisotopic (exact) mass is 163 g/mol. The molecule has 0 radical (unpaired) electrons. The zero-order valence-electron chi connectivity index (χ0n) is 6.05. The zero-order chi connectivity index (χ0) is 8.43. The van der Waals surface area contributed by atoms with Crippen molar-refractivity contribution in [2.45, 2.75) is 24.4 Å². The molecule has 0 aromatic rings. The van der Waals surface area contributed by atoms with E-state index in [1.165, 1.54) is 0 Å². The molecule has 66 valence electrons. The number of nitrogens with two attached hydrogens (primary N) is 1. The van der Waals surface area contributed by atoms with Crippen LogP contribution in [0.15, 0.2) is 0 Å². The van der Waals surface area contributed by atoms with Gasteiger partial charge in [0.2, 0.25) is 0 Å². The van der Waals surface area contributed by atoms with E-state index >= 15 is 0 Å². The minimum absolute atomic E-state index is 0.148. The van der Waals surface area contributed by atoms with E-state index in [0.717, 1.165) is 0 Å². The van der Waals surface area contributed by atoms with Crippen molar-refractivity contribution in [2.24, 2.45) is 5.73 Å². The van der Waals surface area contributed by atoms with E-state index in [4.69, 9.17) is 20.7 Å². The van der Waals surface area contributed by atoms with E-state index < -0.39 is 24.4 Å². The van der Waals surface area contributed by atoms with Crippen molar-refractivity contribution in [3.8, 4) is 0 Å². The Bertz CT molecular complexity index is 114. The molecule has 0 bridgehead atoms. The molecule has 1 saturated heterocycles. The average Bonchev–Trinajstić information content (AvgIpc) is 2.30. The summed E-state index contributed by atoms with van der Waals surface area (Å²) in [7, 11) is 0. The second kappa shape index (κ2) is 3.46. The molecule has 5 nitrogen and oxygen atoms in total. The first-order valence-electron chi connectivity index (χ1n) is 3.53. The summed E-state index contributed by atoms with van der Waals surface area (Å²) in [5.41, 5.74) is 5.23. The summed E-state index contributed by atoms with van der Waals surface area (Å²) in [6.45, 7) is -0.149. The molecule has 4 atom stereocenters. The van der Waals surface area contributed by atoms with Gasteiger partial charge in [-0.25, -0.2) is 0 Å². The Hall–Kier alpha value is -0.200. The van der Waals surface area contributed by atoms with Crippen molar-refractivity contribution in [2.75, 3.05) is 13.2 Å². The van der Waals surface area contributed by atoms with E-state index in [-0.39, 0.29) is 13.2 Å². The molecular weight excluding hydrogens is 150 g/mol. The highest BCUT2D eigenvalue weighted by molar-refractivity contribution is 4.90. The van der Waals surface area contributed by atoms with Crippen LogP contribution in [0.5, 0.6) is 0 Å². The fraction of sp³-hybridized carbons (Fsp3) is 1.00. The van der Waals surface area contributed by atoms with E-state index in [1.807, 2.05) is 0 Å². The Labute approximate surface area is 64.4 Å². The number of ether oxygens (including phenoxy) is 1. The predicted octanol–water partition coefficient (Wildman–Crippen LogP) is -2.57. The molecule has 0 aromatic carbocycles. The Morgan fingerprint density at radius 1 is 1.18 bits per heavy atom. The van der Waals surface area contributed by atoms with E-state index in [0.29, 0.717) is 0 Å². The van der Waals surface area contributed by atoms with Crippen LogP contribution in [0.25, 0.3) is 0 Å². The third-order valence-corrected chi connectivity index (χ3v) is 1.87. The van der Waals surface area contributed by atoms with Gasteiger partial charge in [-0.3, -0.25) is 0 Å². The molecule has 0 amide bonds. The Morgan fingerprint density at radius 2 is 1.73 bits per heavy atom. The summed E-state index contributed by atoms with van der Waals surface area (Å²) in [6, 6.07) is 0. The van der Waals surface area contributed by atoms with Gasteiger partial charge in [-0.2, -0.15) is 0 Å². The number of aliphatic hydroxyl groups excluding tert-OH is 3. The predicted molar refractivity (Wildman–Crippen MR) is 36.8 cm³/mol. The van der Waals surface area contributed by atoms with Crippen LogP contribution in [-0.2, 0) is 4.74 Å². The van der Waals surface area contributed by atoms with Crippen molar-refractivity contribution in [1.29, 1.82) is 0 Å². The topological polar surface area (TPSA) is 95.9 Å². The first-order chi connectivity index (χ1) is 5.20. The van der Waals surface area contributed by atoms with Crippen molar-refractivity contribution in [1.82, 2.24) is 0 Å². The molecule has 1 heterocycles. The highest BCUT2D eigenvalue weighted by Gasteiger charge is 2.41. The lowest BCUT2D eigenvalue weighted by Crippen LogP contribution is -2.36. The molecular formula is C6H13NO4. The number of hydrogen-bond donors (Lipinski definition) is 4. The van der Waals surface area contributed by atoms with Crippen LogP contribution in [0.2, 0.25) is 0 Å². The van der Waals surface area contributed by atoms with Crippen LogP contribution in [-0.4, -0.2) is 52.9 Å². The quantitative estimate of drug-likeness (QED) is 0.359. The Balaban J connectivity index is 2.53. The summed E-state index contributed by atoms with van der Waals surface area (Å²) >= 11 is 0. The second-order valence-electron chi connectivity index (χ2n) is 2.61. The van der Waals surface area contributed by atoms with Crippen LogP contribution in [0.3, 0.4) is 0 Å². The molecule has 5 N–H and O–H groups in total. The summed E-state index contributed by atoms with van der Waals surface area (Å²) < 4.78 is 5.01. The largest absolute Gasteiger partial charge is 0.394 e. The van der Waals surface area contributed by atoms with Crippen LogP contribution >= 0.6 is 0 Å². The van der Waals surface area contributed by atoms with Gasteiger partial charge >= 0.3 is 0 Å². The number of aliphatic hydroxyl groups is 3. The van der Waals surface area contributed by atoms with Crippen molar-refractivity contribution in [3.63, 3.8) is 0 Å². The molecule has 1 aliphatic heterocycles. The first kappa shape index (κ1) is 8.89. The summed E-state index contributed by atoms with van der Waals surface area (Å²) in [5.74, 6) is 0. The lowest BCUT2D eigenvalue weighted by atomic mass is 10.1. The summed E-state index contributed by atoms with van der Waals surface area (Å²) in [4.78, 5) is 0. The Morgan fingerprint density at radius 3 is 2.00 bits per heavy atom. The molecule has 5 heteroatoms. The fourth-order valence-corrected chi connectivity index (χ4v) is 1.17. The highest BCUT2D eigenvalue weighted by Crippen LogP contribution is 2.19. The van der Waals surface area contributed by atoms with Gasteiger partial charge in [0.25, 0.3) is 0 Å². The van der Waals surface area contributed by atoms with Crippen LogP contribution in [0.4, 0.5) is 0 Å². The standard InChI is InChI=1S/C6H13NO4/c7-1-3-5(9)6(10)4(2-8)11-3/h3-6,8-10H,1-2,7H2. The lowest BCUT2D eigenvalue weighted by Gasteiger charge is -2.11. The molecule has 0 aliphatic carbocycles. The summed E-state index contributed by atoms with van der Waals surface area (Å²) in [5, 5.41) is 27.0. The molecule has 4 unspecified atom stereocenters. The van der Waals surface area contributed by atoms with Gasteiger partial charge in [0.05, 0.1) is 12.7 Å². The molecule has 0 spiro atoms. The molecule has 1 aliphatic rings. The van der Waals surface area contributed by atoms with Gasteiger partial charge in [-0.15, -0.1) is 0 Å². The van der Waals surface area contributed by atoms with Gasteiger partial charge in [0, 0.05) is 6.54 Å². The lowest BCUT2D eigenvalue weighted by molar-refractivity contribution is -0.0193. The minimum Gasteiger partial charge on any atom is -0.394 e. The van der Waals surface area contributed by atoms with Crippen molar-refractivity contribution >= 4 is 0 Å². The zero-order valence-corrected chi connectivity index (χ0v) is 6.05. The highest BCUT2D eigenvalue weighted by atomic mass is 16.6. The summed E-state index contributed by atoms with van der Waals surface area (Å²) in [6.07, 6.45) is -3.24. The third-order valence-electron chi connectivity index (χ3n) is 1.87. The van der Waals surface area contributed by atoms with Gasteiger partial charge in [-0.05, 0) is 0 Å². The molecule has 11 heavy (non-hydrogen) atoms. The van der Waals surface area contributed by atoms with Crippen molar-refractivity contribution in [3.05, 3.63) is 0 Å². The maximum atomic E-state index is 9.19. The fourth-order valence-electron chi connectivity index (χ4n) is 1.17. The van der Waals surface area contributed by atoms with Crippen LogP contribution < -0.4 is 5.73 Å². The number of hydrogen-bond acceptors (Lipinski definition) is 5. The normalized spacial score (nSPS) is 44.7. The third kappa shape index (κ3) is 1.52. The van der Waals surface area contributed by atoms with Gasteiger partial charge in [0.15, 0.2) is 0 Å². The molecule has 1 fully saturated rings. The second-order valence-corrected chi connectivity index (χ2v) is 2.61. The van der Waals surface area contributed by atoms with E-state index in [2.05, 4.69) is 0 Å². The van der Waals surface area contributed by atoms with Gasteiger partial charge in [0.1, 0.15) is 18.3 Å². The molecule has 1 rings (SSSR count). The Kier molecular flexibility index (Phi) is 2.80. The van der Waals surface area contributed by atoms with Gasteiger partial charge in [-0.1, -0.05) is 0 Å². The van der Waals surface area contributed by atoms with Gasteiger partial charge < -0.3 is 25.8 Å².